The number of methoxy groups -OCH3 is 1. The molecule has 5 nitrogen and oxygen atoms in total. The Morgan fingerprint density at radius 1 is 1.53 bits per heavy atom. The second-order valence-electron chi connectivity index (χ2n) is 3.51. The number of likely N-dealkylation sites (N-methyl/N-ethyl adjacent to an activating group) is 1. The molecule has 1 atom stereocenters. The zero-order chi connectivity index (χ0) is 12.8. The lowest BCUT2D eigenvalue weighted by Gasteiger charge is -2.16. The van der Waals surface area contributed by atoms with Gasteiger partial charge in [-0.2, -0.15) is 0 Å². The van der Waals surface area contributed by atoms with E-state index in [-0.39, 0.29) is 12.5 Å². The molecule has 0 spiro atoms. The molecule has 0 aromatic heterocycles. The largest absolute Gasteiger partial charge is 0.497 e. The van der Waals surface area contributed by atoms with Gasteiger partial charge in [0.25, 0.3) is 5.91 Å². The minimum atomic E-state index is -0.627. The summed E-state index contributed by atoms with van der Waals surface area (Å²) in [4.78, 5) is 11.3. The van der Waals surface area contributed by atoms with Crippen LogP contribution >= 0.6 is 0 Å². The molecule has 94 valence electrons. The highest BCUT2D eigenvalue weighted by atomic mass is 16.5. The molecule has 0 saturated carbocycles. The standard InChI is InChI=1S/C12H17NO4/c1-8(12(15)13-2)17-11-6-10(16-3)5-4-9(11)7-14/h4-6,8,14H,7H2,1-3H3,(H,13,15). The Hall–Kier alpha value is -1.75. The minimum Gasteiger partial charge on any atom is -0.497 e. The van der Waals surface area contributed by atoms with Crippen molar-refractivity contribution < 1.29 is 19.4 Å². The first-order valence-electron chi connectivity index (χ1n) is 5.28. The van der Waals surface area contributed by atoms with Crippen LogP contribution in [0.25, 0.3) is 0 Å². The molecule has 0 radical (unpaired) electrons. The number of benzene rings is 1. The summed E-state index contributed by atoms with van der Waals surface area (Å²) in [5.74, 6) is 0.834. The van der Waals surface area contributed by atoms with E-state index >= 15 is 0 Å². The molecule has 0 aliphatic carbocycles. The highest BCUT2D eigenvalue weighted by Crippen LogP contribution is 2.25. The smallest absolute Gasteiger partial charge is 0.260 e. The Balaban J connectivity index is 2.91. The second-order valence-corrected chi connectivity index (χ2v) is 3.51. The summed E-state index contributed by atoms with van der Waals surface area (Å²) in [6, 6.07) is 5.07. The van der Waals surface area contributed by atoms with Crippen molar-refractivity contribution in [3.05, 3.63) is 23.8 Å². The van der Waals surface area contributed by atoms with E-state index in [9.17, 15) is 4.79 Å². The van der Waals surface area contributed by atoms with Crippen LogP contribution in [0.3, 0.4) is 0 Å². The van der Waals surface area contributed by atoms with Crippen LogP contribution in [0.4, 0.5) is 0 Å². The number of ether oxygens (including phenoxy) is 2. The van der Waals surface area contributed by atoms with Crippen LogP contribution in [-0.2, 0) is 11.4 Å². The Kier molecular flexibility index (Phi) is 4.78. The summed E-state index contributed by atoms with van der Waals surface area (Å²) in [6.45, 7) is 1.49. The van der Waals surface area contributed by atoms with Crippen LogP contribution in [0.2, 0.25) is 0 Å². The number of carbonyl (C=O) groups is 1. The third-order valence-electron chi connectivity index (χ3n) is 2.36. The predicted molar refractivity (Wildman–Crippen MR) is 63.1 cm³/mol. The van der Waals surface area contributed by atoms with Crippen LogP contribution in [0, 0.1) is 0 Å². The van der Waals surface area contributed by atoms with E-state index in [2.05, 4.69) is 5.32 Å². The number of rotatable bonds is 5. The van der Waals surface area contributed by atoms with E-state index in [4.69, 9.17) is 14.6 Å². The zero-order valence-electron chi connectivity index (χ0n) is 10.2. The third-order valence-corrected chi connectivity index (χ3v) is 2.36. The van der Waals surface area contributed by atoms with Crippen molar-refractivity contribution in [1.82, 2.24) is 5.32 Å². The lowest BCUT2D eigenvalue weighted by molar-refractivity contribution is -0.126. The van der Waals surface area contributed by atoms with Crippen molar-refractivity contribution in [2.45, 2.75) is 19.6 Å². The normalized spacial score (nSPS) is 11.8. The number of aliphatic hydroxyl groups excluding tert-OH is 1. The fraction of sp³-hybridized carbons (Fsp3) is 0.417. The van der Waals surface area contributed by atoms with Gasteiger partial charge < -0.3 is 19.9 Å². The molecule has 1 unspecified atom stereocenters. The number of hydrogen-bond acceptors (Lipinski definition) is 4. The number of hydrogen-bond donors (Lipinski definition) is 2. The average Bonchev–Trinajstić information content (AvgIpc) is 2.37. The number of aliphatic hydroxyl groups is 1. The van der Waals surface area contributed by atoms with Crippen molar-refractivity contribution in [3.63, 3.8) is 0 Å². The van der Waals surface area contributed by atoms with Crippen molar-refractivity contribution in [3.8, 4) is 11.5 Å². The number of nitrogens with one attached hydrogen (secondary N) is 1. The molecule has 0 aliphatic rings. The van der Waals surface area contributed by atoms with E-state index in [1.807, 2.05) is 0 Å². The SMILES string of the molecule is CNC(=O)C(C)Oc1cc(OC)ccc1CO. The number of carbonyl (C=O) groups excluding carboxylic acids is 1. The zero-order valence-corrected chi connectivity index (χ0v) is 10.2. The lowest BCUT2D eigenvalue weighted by Crippen LogP contribution is -2.33. The van der Waals surface area contributed by atoms with Gasteiger partial charge in [0.2, 0.25) is 0 Å². The van der Waals surface area contributed by atoms with Crippen molar-refractivity contribution in [2.24, 2.45) is 0 Å². The van der Waals surface area contributed by atoms with Crippen molar-refractivity contribution in [2.75, 3.05) is 14.2 Å². The molecule has 1 aromatic carbocycles. The second kappa shape index (κ2) is 6.10. The molecule has 0 aliphatic heterocycles. The maximum Gasteiger partial charge on any atom is 0.260 e. The van der Waals surface area contributed by atoms with Crippen LogP contribution in [0.15, 0.2) is 18.2 Å². The molecular weight excluding hydrogens is 222 g/mol. The topological polar surface area (TPSA) is 67.8 Å². The van der Waals surface area contributed by atoms with Crippen molar-refractivity contribution in [1.29, 1.82) is 0 Å². The maximum atomic E-state index is 11.3. The molecule has 0 heterocycles. The summed E-state index contributed by atoms with van der Waals surface area (Å²) in [6.07, 6.45) is -0.627. The van der Waals surface area contributed by atoms with Gasteiger partial charge in [-0.1, -0.05) is 0 Å². The Morgan fingerprint density at radius 3 is 2.76 bits per heavy atom. The van der Waals surface area contributed by atoms with E-state index in [0.29, 0.717) is 17.1 Å². The summed E-state index contributed by atoms with van der Waals surface area (Å²) in [5, 5.41) is 11.7. The van der Waals surface area contributed by atoms with Gasteiger partial charge in [-0.3, -0.25) is 4.79 Å². The fourth-order valence-electron chi connectivity index (χ4n) is 1.35. The molecule has 2 N–H and O–H groups in total. The maximum absolute atomic E-state index is 11.3. The van der Waals surface area contributed by atoms with E-state index in [1.165, 1.54) is 0 Å². The lowest BCUT2D eigenvalue weighted by atomic mass is 10.2. The first-order chi connectivity index (χ1) is 8.12. The Labute approximate surface area is 100 Å². The molecule has 0 saturated heterocycles. The molecule has 17 heavy (non-hydrogen) atoms. The summed E-state index contributed by atoms with van der Waals surface area (Å²) in [7, 11) is 3.08. The van der Waals surface area contributed by atoms with Gasteiger partial charge >= 0.3 is 0 Å². The molecule has 1 rings (SSSR count). The minimum absolute atomic E-state index is 0.153. The first kappa shape index (κ1) is 13.3. The van der Waals surface area contributed by atoms with Gasteiger partial charge in [-0.15, -0.1) is 0 Å². The van der Waals surface area contributed by atoms with Gasteiger partial charge in [-0.05, 0) is 19.1 Å². The molecule has 0 bridgehead atoms. The molecular formula is C12H17NO4. The Morgan fingerprint density at radius 2 is 2.24 bits per heavy atom. The monoisotopic (exact) mass is 239 g/mol. The van der Waals surface area contributed by atoms with Crippen molar-refractivity contribution >= 4 is 5.91 Å². The van der Waals surface area contributed by atoms with Crippen LogP contribution in [0.5, 0.6) is 11.5 Å². The van der Waals surface area contributed by atoms with Gasteiger partial charge in [0.05, 0.1) is 13.7 Å². The van der Waals surface area contributed by atoms with E-state index < -0.39 is 6.10 Å². The Bertz CT molecular complexity index is 392. The summed E-state index contributed by atoms with van der Waals surface area (Å²) in [5.41, 5.74) is 0.613. The molecule has 5 heteroatoms. The van der Waals surface area contributed by atoms with Gasteiger partial charge in [-0.25, -0.2) is 0 Å². The highest BCUT2D eigenvalue weighted by molar-refractivity contribution is 5.80. The number of amides is 1. The molecule has 0 fully saturated rings. The third kappa shape index (κ3) is 3.35. The molecule has 1 amide bonds. The van der Waals surface area contributed by atoms with Gasteiger partial charge in [0.15, 0.2) is 6.10 Å². The highest BCUT2D eigenvalue weighted by Gasteiger charge is 2.15. The van der Waals surface area contributed by atoms with E-state index in [1.54, 1.807) is 39.3 Å². The van der Waals surface area contributed by atoms with Crippen LogP contribution in [-0.4, -0.2) is 31.3 Å². The van der Waals surface area contributed by atoms with Gasteiger partial charge in [0.1, 0.15) is 11.5 Å². The first-order valence-corrected chi connectivity index (χ1v) is 5.28. The predicted octanol–water partition coefficient (Wildman–Crippen LogP) is 0.701. The fourth-order valence-corrected chi connectivity index (χ4v) is 1.35. The van der Waals surface area contributed by atoms with Gasteiger partial charge in [0, 0.05) is 18.7 Å². The van der Waals surface area contributed by atoms with E-state index in [0.717, 1.165) is 0 Å². The van der Waals surface area contributed by atoms with Crippen LogP contribution in [0.1, 0.15) is 12.5 Å². The summed E-state index contributed by atoms with van der Waals surface area (Å²) >= 11 is 0. The quantitative estimate of drug-likeness (QED) is 0.793. The molecule has 1 aromatic rings. The average molecular weight is 239 g/mol. The van der Waals surface area contributed by atoms with Crippen LogP contribution < -0.4 is 14.8 Å². The summed E-state index contributed by atoms with van der Waals surface area (Å²) < 4.78 is 10.5.